The van der Waals surface area contributed by atoms with Crippen LogP contribution in [0.5, 0.6) is 0 Å². The molecule has 1 N–H and O–H groups in total. The third kappa shape index (κ3) is 2.51. The van der Waals surface area contributed by atoms with Crippen molar-refractivity contribution in [3.63, 3.8) is 0 Å². The molecule has 0 bridgehead atoms. The second-order valence-corrected chi connectivity index (χ2v) is 4.46. The minimum atomic E-state index is -0.115. The van der Waals surface area contributed by atoms with Crippen molar-refractivity contribution in [3.05, 3.63) is 42.0 Å². The van der Waals surface area contributed by atoms with Crippen LogP contribution < -0.4 is 4.90 Å². The molecule has 2 aromatic rings. The molecule has 0 aliphatic rings. The van der Waals surface area contributed by atoms with E-state index in [4.69, 9.17) is 5.11 Å². The van der Waals surface area contributed by atoms with Crippen molar-refractivity contribution < 1.29 is 9.90 Å². The number of rotatable bonds is 3. The molecule has 0 heterocycles. The van der Waals surface area contributed by atoms with Gasteiger partial charge in [-0.3, -0.25) is 4.79 Å². The summed E-state index contributed by atoms with van der Waals surface area (Å²) in [5, 5.41) is 11.1. The maximum absolute atomic E-state index is 11.7. The Labute approximate surface area is 107 Å². The van der Waals surface area contributed by atoms with Crippen molar-refractivity contribution in [2.75, 3.05) is 18.6 Å². The number of amides is 1. The SMILES string of the molecule is Cc1ccc2cc(N(C)C(=O)CCO)ccc2c1. The fourth-order valence-electron chi connectivity index (χ4n) is 1.97. The number of aliphatic hydroxyl groups is 1. The monoisotopic (exact) mass is 243 g/mol. The Kier molecular flexibility index (Phi) is 3.63. The number of carbonyl (C=O) groups is 1. The van der Waals surface area contributed by atoms with E-state index in [9.17, 15) is 4.79 Å². The molecule has 0 unspecified atom stereocenters. The zero-order valence-corrected chi connectivity index (χ0v) is 10.7. The lowest BCUT2D eigenvalue weighted by atomic mass is 10.1. The van der Waals surface area contributed by atoms with Crippen LogP contribution in [0.3, 0.4) is 0 Å². The van der Waals surface area contributed by atoms with E-state index in [1.165, 1.54) is 10.9 Å². The summed E-state index contributed by atoms with van der Waals surface area (Å²) in [6, 6.07) is 12.2. The number of fused-ring (bicyclic) bond motifs is 1. The Bertz CT molecular complexity index is 578. The molecule has 2 rings (SSSR count). The zero-order valence-electron chi connectivity index (χ0n) is 10.7. The van der Waals surface area contributed by atoms with E-state index in [-0.39, 0.29) is 18.9 Å². The van der Waals surface area contributed by atoms with E-state index in [2.05, 4.69) is 25.1 Å². The Balaban J connectivity index is 2.35. The Morgan fingerprint density at radius 3 is 2.56 bits per heavy atom. The van der Waals surface area contributed by atoms with Gasteiger partial charge in [-0.05, 0) is 29.8 Å². The Morgan fingerprint density at radius 1 is 1.17 bits per heavy atom. The fraction of sp³-hybridized carbons (Fsp3) is 0.267. The van der Waals surface area contributed by atoms with Gasteiger partial charge in [-0.2, -0.15) is 0 Å². The predicted molar refractivity (Wildman–Crippen MR) is 73.8 cm³/mol. The highest BCUT2D eigenvalue weighted by Crippen LogP contribution is 2.22. The smallest absolute Gasteiger partial charge is 0.229 e. The first-order chi connectivity index (χ1) is 8.61. The number of aryl methyl sites for hydroxylation is 1. The average Bonchev–Trinajstić information content (AvgIpc) is 2.37. The molecule has 0 spiro atoms. The molecule has 3 heteroatoms. The molecule has 0 aromatic heterocycles. The van der Waals surface area contributed by atoms with Gasteiger partial charge < -0.3 is 10.0 Å². The molecule has 0 aliphatic heterocycles. The number of nitrogens with zero attached hydrogens (tertiary/aromatic N) is 1. The van der Waals surface area contributed by atoms with Crippen LogP contribution >= 0.6 is 0 Å². The topological polar surface area (TPSA) is 40.5 Å². The molecule has 3 nitrogen and oxygen atoms in total. The first-order valence-electron chi connectivity index (χ1n) is 5.99. The van der Waals surface area contributed by atoms with E-state index in [1.807, 2.05) is 18.2 Å². The van der Waals surface area contributed by atoms with Gasteiger partial charge in [-0.1, -0.05) is 29.8 Å². The fourth-order valence-corrected chi connectivity index (χ4v) is 1.97. The van der Waals surface area contributed by atoms with Crippen molar-refractivity contribution in [2.45, 2.75) is 13.3 Å². The number of aliphatic hydroxyl groups excluding tert-OH is 1. The number of hydrogen-bond acceptors (Lipinski definition) is 2. The summed E-state index contributed by atoms with van der Waals surface area (Å²) in [6.07, 6.45) is 0.155. The maximum Gasteiger partial charge on any atom is 0.229 e. The van der Waals surface area contributed by atoms with Gasteiger partial charge in [0.2, 0.25) is 5.91 Å². The minimum Gasteiger partial charge on any atom is -0.396 e. The van der Waals surface area contributed by atoms with Crippen LogP contribution in [0.1, 0.15) is 12.0 Å². The molecule has 0 saturated carbocycles. The number of benzene rings is 2. The molecular formula is C15H17NO2. The molecule has 0 radical (unpaired) electrons. The minimum absolute atomic E-state index is 0.0797. The third-order valence-corrected chi connectivity index (χ3v) is 3.07. The molecule has 18 heavy (non-hydrogen) atoms. The van der Waals surface area contributed by atoms with Crippen molar-refractivity contribution >= 4 is 22.4 Å². The lowest BCUT2D eigenvalue weighted by Gasteiger charge is -2.17. The van der Waals surface area contributed by atoms with E-state index >= 15 is 0 Å². The summed E-state index contributed by atoms with van der Waals surface area (Å²) in [7, 11) is 1.73. The summed E-state index contributed by atoms with van der Waals surface area (Å²) in [6.45, 7) is 1.94. The normalized spacial score (nSPS) is 10.6. The van der Waals surface area contributed by atoms with Crippen molar-refractivity contribution in [1.82, 2.24) is 0 Å². The van der Waals surface area contributed by atoms with E-state index < -0.39 is 0 Å². The van der Waals surface area contributed by atoms with Crippen LogP contribution in [-0.2, 0) is 4.79 Å². The highest BCUT2D eigenvalue weighted by molar-refractivity contribution is 5.96. The summed E-state index contributed by atoms with van der Waals surface area (Å²) in [5.41, 5.74) is 2.07. The van der Waals surface area contributed by atoms with Crippen molar-refractivity contribution in [3.8, 4) is 0 Å². The second-order valence-electron chi connectivity index (χ2n) is 4.46. The van der Waals surface area contributed by atoms with Gasteiger partial charge in [0.05, 0.1) is 13.0 Å². The van der Waals surface area contributed by atoms with Crippen LogP contribution in [0.4, 0.5) is 5.69 Å². The van der Waals surface area contributed by atoms with Crippen LogP contribution in [0.15, 0.2) is 36.4 Å². The maximum atomic E-state index is 11.7. The van der Waals surface area contributed by atoms with Crippen molar-refractivity contribution in [2.24, 2.45) is 0 Å². The molecule has 0 fully saturated rings. The van der Waals surface area contributed by atoms with E-state index in [1.54, 1.807) is 11.9 Å². The van der Waals surface area contributed by atoms with Crippen molar-refractivity contribution in [1.29, 1.82) is 0 Å². The molecular weight excluding hydrogens is 226 g/mol. The van der Waals surface area contributed by atoms with Crippen LogP contribution in [0.2, 0.25) is 0 Å². The third-order valence-electron chi connectivity index (χ3n) is 3.07. The van der Waals surface area contributed by atoms with Gasteiger partial charge in [-0.15, -0.1) is 0 Å². The van der Waals surface area contributed by atoms with Gasteiger partial charge in [0.1, 0.15) is 0 Å². The summed E-state index contributed by atoms with van der Waals surface area (Å²) >= 11 is 0. The molecule has 2 aromatic carbocycles. The number of anilines is 1. The van der Waals surface area contributed by atoms with Gasteiger partial charge >= 0.3 is 0 Å². The van der Waals surface area contributed by atoms with Gasteiger partial charge in [0, 0.05) is 12.7 Å². The summed E-state index contributed by atoms with van der Waals surface area (Å²) < 4.78 is 0. The number of hydrogen-bond donors (Lipinski definition) is 1. The second kappa shape index (κ2) is 5.19. The Morgan fingerprint density at radius 2 is 1.83 bits per heavy atom. The first-order valence-corrected chi connectivity index (χ1v) is 5.99. The Hall–Kier alpha value is -1.87. The molecule has 0 aliphatic carbocycles. The quantitative estimate of drug-likeness (QED) is 0.899. The van der Waals surface area contributed by atoms with Crippen LogP contribution in [-0.4, -0.2) is 24.7 Å². The van der Waals surface area contributed by atoms with Gasteiger partial charge in [0.25, 0.3) is 0 Å². The summed E-state index contributed by atoms with van der Waals surface area (Å²) in [4.78, 5) is 13.3. The molecule has 94 valence electrons. The predicted octanol–water partition coefficient (Wildman–Crippen LogP) is 2.49. The average molecular weight is 243 g/mol. The van der Waals surface area contributed by atoms with Gasteiger partial charge in [-0.25, -0.2) is 0 Å². The molecule has 0 saturated heterocycles. The lowest BCUT2D eigenvalue weighted by molar-refractivity contribution is -0.118. The summed E-state index contributed by atoms with van der Waals surface area (Å²) in [5.74, 6) is -0.0797. The largest absolute Gasteiger partial charge is 0.396 e. The van der Waals surface area contributed by atoms with E-state index in [0.29, 0.717) is 0 Å². The van der Waals surface area contributed by atoms with E-state index in [0.717, 1.165) is 11.1 Å². The standard InChI is InChI=1S/C15H17NO2/c1-11-3-4-13-10-14(6-5-12(13)9-11)16(2)15(18)7-8-17/h3-6,9-10,17H,7-8H2,1-2H3. The zero-order chi connectivity index (χ0) is 13.1. The first kappa shape index (κ1) is 12.6. The highest BCUT2D eigenvalue weighted by atomic mass is 16.3. The highest BCUT2D eigenvalue weighted by Gasteiger charge is 2.10. The van der Waals surface area contributed by atoms with Crippen LogP contribution in [0, 0.1) is 6.92 Å². The number of carbonyl (C=O) groups excluding carboxylic acids is 1. The van der Waals surface area contributed by atoms with Crippen LogP contribution in [0.25, 0.3) is 10.8 Å². The molecule has 0 atom stereocenters. The lowest BCUT2D eigenvalue weighted by Crippen LogP contribution is -2.26. The van der Waals surface area contributed by atoms with Gasteiger partial charge in [0.15, 0.2) is 0 Å². The molecule has 1 amide bonds.